The minimum atomic E-state index is -0.541. The molecule has 4 aromatic heterocycles. The number of H-pyrrole nitrogens is 1. The number of alkyl carbamates (subject to hydrolysis) is 1. The van der Waals surface area contributed by atoms with Gasteiger partial charge in [-0.1, -0.05) is 48.5 Å². The normalized spacial score (nSPS) is 11.6. The number of rotatable bonds is 9. The van der Waals surface area contributed by atoms with E-state index in [0.29, 0.717) is 19.6 Å². The Kier molecular flexibility index (Phi) is 8.39. The Labute approximate surface area is 261 Å². The van der Waals surface area contributed by atoms with Crippen molar-refractivity contribution in [1.82, 2.24) is 40.2 Å². The first kappa shape index (κ1) is 29.7. The fourth-order valence-electron chi connectivity index (χ4n) is 5.15. The van der Waals surface area contributed by atoms with Crippen molar-refractivity contribution in [3.63, 3.8) is 0 Å². The molecule has 3 N–H and O–H groups in total. The SMILES string of the molecule is Cc1cccc(-c2nc(CNCc3ccccc3-c3cccc(CNC(=O)OC(C)(C)C)c3)[nH]c2-c2ccc3ncnn3c2)n1. The summed E-state index contributed by atoms with van der Waals surface area (Å²) in [7, 11) is 0. The van der Waals surface area contributed by atoms with Crippen LogP contribution in [0.2, 0.25) is 0 Å². The van der Waals surface area contributed by atoms with Gasteiger partial charge in [-0.25, -0.2) is 19.3 Å². The molecule has 0 unspecified atom stereocenters. The van der Waals surface area contributed by atoms with Gasteiger partial charge in [-0.3, -0.25) is 4.98 Å². The van der Waals surface area contributed by atoms with Crippen LogP contribution in [0.15, 0.2) is 91.4 Å². The van der Waals surface area contributed by atoms with E-state index in [4.69, 9.17) is 14.7 Å². The van der Waals surface area contributed by atoms with E-state index in [2.05, 4.69) is 50.0 Å². The summed E-state index contributed by atoms with van der Waals surface area (Å²) in [4.78, 5) is 29.7. The molecule has 228 valence electrons. The molecule has 0 aliphatic carbocycles. The predicted octanol–water partition coefficient (Wildman–Crippen LogP) is 6.47. The van der Waals surface area contributed by atoms with Gasteiger partial charge in [-0.2, -0.15) is 5.10 Å². The molecule has 0 bridgehead atoms. The summed E-state index contributed by atoms with van der Waals surface area (Å²) in [5.41, 5.74) is 8.90. The van der Waals surface area contributed by atoms with Crippen molar-refractivity contribution in [3.8, 4) is 33.8 Å². The van der Waals surface area contributed by atoms with E-state index in [1.165, 1.54) is 0 Å². The lowest BCUT2D eigenvalue weighted by Gasteiger charge is -2.19. The third kappa shape index (κ3) is 7.25. The van der Waals surface area contributed by atoms with Crippen LogP contribution in [0.3, 0.4) is 0 Å². The number of aromatic amines is 1. The monoisotopic (exact) mass is 600 g/mol. The molecule has 0 aliphatic rings. The molecule has 0 fully saturated rings. The molecule has 10 heteroatoms. The number of pyridine rings is 2. The number of imidazole rings is 1. The van der Waals surface area contributed by atoms with E-state index in [-0.39, 0.29) is 0 Å². The van der Waals surface area contributed by atoms with Gasteiger partial charge in [0, 0.05) is 30.5 Å². The maximum absolute atomic E-state index is 12.2. The summed E-state index contributed by atoms with van der Waals surface area (Å²) >= 11 is 0. The van der Waals surface area contributed by atoms with Gasteiger partial charge in [-0.15, -0.1) is 0 Å². The number of hydrogen-bond donors (Lipinski definition) is 3. The molecule has 2 aromatic carbocycles. The van der Waals surface area contributed by atoms with Crippen LogP contribution < -0.4 is 10.6 Å². The quantitative estimate of drug-likeness (QED) is 0.174. The zero-order valence-electron chi connectivity index (χ0n) is 25.8. The number of hydrogen-bond acceptors (Lipinski definition) is 7. The van der Waals surface area contributed by atoms with Crippen molar-refractivity contribution >= 4 is 11.7 Å². The highest BCUT2D eigenvalue weighted by molar-refractivity contribution is 5.77. The van der Waals surface area contributed by atoms with Gasteiger partial charge in [0.1, 0.15) is 23.4 Å². The van der Waals surface area contributed by atoms with Crippen LogP contribution >= 0.6 is 0 Å². The van der Waals surface area contributed by atoms with E-state index >= 15 is 0 Å². The standard InChI is InChI=1S/C35H36N8O2/c1-23-9-7-14-29(40-23)33-32(27-15-16-31-38-22-39-43(31)21-27)41-30(42-33)20-36-19-26-11-5-6-13-28(26)25-12-8-10-24(17-25)18-37-34(44)45-35(2,3)4/h5-17,21-22,36H,18-20H2,1-4H3,(H,37,44)(H,41,42). The van der Waals surface area contributed by atoms with Crippen molar-refractivity contribution in [1.29, 1.82) is 0 Å². The zero-order valence-corrected chi connectivity index (χ0v) is 25.8. The molecule has 6 rings (SSSR count). The van der Waals surface area contributed by atoms with Gasteiger partial charge in [0.15, 0.2) is 5.65 Å². The van der Waals surface area contributed by atoms with Crippen LogP contribution in [-0.4, -0.2) is 41.2 Å². The molecule has 4 heterocycles. The fraction of sp³-hybridized carbons (Fsp3) is 0.229. The molecular weight excluding hydrogens is 564 g/mol. The summed E-state index contributed by atoms with van der Waals surface area (Å²) in [6, 6.07) is 26.4. The highest BCUT2D eigenvalue weighted by Crippen LogP contribution is 2.30. The van der Waals surface area contributed by atoms with Crippen LogP contribution in [0.1, 0.15) is 43.4 Å². The van der Waals surface area contributed by atoms with Crippen LogP contribution in [0, 0.1) is 6.92 Å². The van der Waals surface area contributed by atoms with Crippen LogP contribution in [0.5, 0.6) is 0 Å². The summed E-state index contributed by atoms with van der Waals surface area (Å²) in [5, 5.41) is 10.7. The highest BCUT2D eigenvalue weighted by atomic mass is 16.6. The summed E-state index contributed by atoms with van der Waals surface area (Å²) in [6.07, 6.45) is 3.05. The Hall–Kier alpha value is -5.35. The average molecular weight is 601 g/mol. The summed E-state index contributed by atoms with van der Waals surface area (Å²) in [6.45, 7) is 9.07. The Balaban J connectivity index is 1.19. The number of aryl methyl sites for hydroxylation is 1. The Bertz CT molecular complexity index is 1950. The van der Waals surface area contributed by atoms with Gasteiger partial charge in [0.2, 0.25) is 0 Å². The number of nitrogens with one attached hydrogen (secondary N) is 3. The Morgan fingerprint density at radius 1 is 0.911 bits per heavy atom. The van der Waals surface area contributed by atoms with Gasteiger partial charge in [-0.05, 0) is 80.3 Å². The summed E-state index contributed by atoms with van der Waals surface area (Å²) < 4.78 is 7.13. The maximum atomic E-state index is 12.2. The maximum Gasteiger partial charge on any atom is 0.407 e. The first-order chi connectivity index (χ1) is 21.7. The van der Waals surface area contributed by atoms with Gasteiger partial charge >= 0.3 is 6.09 Å². The van der Waals surface area contributed by atoms with Gasteiger partial charge < -0.3 is 20.4 Å². The molecule has 1 amide bonds. The van der Waals surface area contributed by atoms with E-state index in [0.717, 1.165) is 62.1 Å². The average Bonchev–Trinajstić information content (AvgIpc) is 3.67. The largest absolute Gasteiger partial charge is 0.444 e. The molecule has 10 nitrogen and oxygen atoms in total. The lowest BCUT2D eigenvalue weighted by Crippen LogP contribution is -2.32. The molecule has 0 saturated heterocycles. The number of fused-ring (bicyclic) bond motifs is 1. The molecule has 45 heavy (non-hydrogen) atoms. The molecule has 0 atom stereocenters. The van der Waals surface area contributed by atoms with Gasteiger partial charge in [0.05, 0.1) is 17.9 Å². The smallest absolute Gasteiger partial charge is 0.407 e. The van der Waals surface area contributed by atoms with Crippen molar-refractivity contribution in [2.75, 3.05) is 0 Å². The minimum Gasteiger partial charge on any atom is -0.444 e. The second kappa shape index (κ2) is 12.7. The number of aromatic nitrogens is 6. The van der Waals surface area contributed by atoms with Crippen molar-refractivity contribution in [2.24, 2.45) is 0 Å². The molecule has 0 saturated carbocycles. The van der Waals surface area contributed by atoms with E-state index in [1.807, 2.05) is 88.5 Å². The number of carbonyl (C=O) groups excluding carboxylic acids is 1. The van der Waals surface area contributed by atoms with Crippen molar-refractivity contribution in [2.45, 2.75) is 52.9 Å². The first-order valence-corrected chi connectivity index (χ1v) is 14.9. The molecular formula is C35H36N8O2. The third-order valence-corrected chi connectivity index (χ3v) is 7.15. The number of benzene rings is 2. The Morgan fingerprint density at radius 3 is 2.60 bits per heavy atom. The van der Waals surface area contributed by atoms with Crippen LogP contribution in [-0.2, 0) is 24.4 Å². The molecule has 0 radical (unpaired) electrons. The predicted molar refractivity (Wildman–Crippen MR) is 174 cm³/mol. The Morgan fingerprint density at radius 2 is 1.76 bits per heavy atom. The summed E-state index contributed by atoms with van der Waals surface area (Å²) in [5.74, 6) is 0.801. The number of nitrogens with zero attached hydrogens (tertiary/aromatic N) is 5. The second-order valence-corrected chi connectivity index (χ2v) is 11.9. The number of amides is 1. The lowest BCUT2D eigenvalue weighted by atomic mass is 9.98. The van der Waals surface area contributed by atoms with Gasteiger partial charge in [0.25, 0.3) is 0 Å². The number of ether oxygens (including phenoxy) is 1. The molecule has 6 aromatic rings. The van der Waals surface area contributed by atoms with E-state index < -0.39 is 11.7 Å². The minimum absolute atomic E-state index is 0.381. The third-order valence-electron chi connectivity index (χ3n) is 7.15. The zero-order chi connectivity index (χ0) is 31.4. The van der Waals surface area contributed by atoms with E-state index in [1.54, 1.807) is 10.8 Å². The van der Waals surface area contributed by atoms with E-state index in [9.17, 15) is 4.79 Å². The highest BCUT2D eigenvalue weighted by Gasteiger charge is 2.18. The van der Waals surface area contributed by atoms with Crippen molar-refractivity contribution < 1.29 is 9.53 Å². The molecule has 0 spiro atoms. The fourth-order valence-corrected chi connectivity index (χ4v) is 5.15. The second-order valence-electron chi connectivity index (χ2n) is 11.9. The molecule has 0 aliphatic heterocycles. The topological polar surface area (TPSA) is 122 Å². The van der Waals surface area contributed by atoms with Crippen molar-refractivity contribution in [3.05, 3.63) is 114 Å². The van der Waals surface area contributed by atoms with Crippen LogP contribution in [0.4, 0.5) is 4.79 Å². The number of carbonyl (C=O) groups is 1. The lowest BCUT2D eigenvalue weighted by molar-refractivity contribution is 0.0523. The first-order valence-electron chi connectivity index (χ1n) is 14.9. The van der Waals surface area contributed by atoms with Crippen LogP contribution in [0.25, 0.3) is 39.4 Å².